The second-order valence-electron chi connectivity index (χ2n) is 5.66. The van der Waals surface area contributed by atoms with E-state index in [1.54, 1.807) is 6.20 Å². The van der Waals surface area contributed by atoms with E-state index in [9.17, 15) is 4.79 Å². The zero-order valence-corrected chi connectivity index (χ0v) is 14.2. The summed E-state index contributed by atoms with van der Waals surface area (Å²) in [5.41, 5.74) is 2.03. The van der Waals surface area contributed by atoms with E-state index in [1.807, 2.05) is 24.3 Å². The first kappa shape index (κ1) is 17.2. The molecule has 0 aliphatic rings. The molecule has 0 spiro atoms. The van der Waals surface area contributed by atoms with Crippen LogP contribution >= 0.6 is 0 Å². The molecule has 124 valence electrons. The monoisotopic (exact) mass is 314 g/mol. The second kappa shape index (κ2) is 8.48. The van der Waals surface area contributed by atoms with Crippen LogP contribution in [0.3, 0.4) is 0 Å². The Bertz CT molecular complexity index is 640. The van der Waals surface area contributed by atoms with Crippen LogP contribution in [0, 0.1) is 0 Å². The number of amides is 2. The predicted octanol–water partition coefficient (Wildman–Crippen LogP) is 2.76. The van der Waals surface area contributed by atoms with Crippen LogP contribution in [0.15, 0.2) is 36.5 Å². The van der Waals surface area contributed by atoms with E-state index in [-0.39, 0.29) is 6.03 Å². The van der Waals surface area contributed by atoms with E-state index in [2.05, 4.69) is 47.4 Å². The third kappa shape index (κ3) is 4.93. The number of rotatable bonds is 7. The normalized spacial score (nSPS) is 12.3. The molecule has 0 aliphatic carbocycles. The van der Waals surface area contributed by atoms with Crippen molar-refractivity contribution in [3.8, 4) is 0 Å². The lowest BCUT2D eigenvalue weighted by Gasteiger charge is -2.26. The zero-order valence-electron chi connectivity index (χ0n) is 14.2. The van der Waals surface area contributed by atoms with Crippen LogP contribution in [0.2, 0.25) is 0 Å². The average Bonchev–Trinajstić information content (AvgIpc) is 2.59. The number of carbonyl (C=O) groups is 1. The van der Waals surface area contributed by atoms with E-state index < -0.39 is 0 Å². The number of carbonyl (C=O) groups excluding carboxylic acids is 1. The van der Waals surface area contributed by atoms with Crippen LogP contribution < -0.4 is 10.6 Å². The van der Waals surface area contributed by atoms with E-state index in [0.717, 1.165) is 29.6 Å². The highest BCUT2D eigenvalue weighted by molar-refractivity contribution is 5.79. The van der Waals surface area contributed by atoms with Crippen molar-refractivity contribution >= 4 is 16.9 Å². The van der Waals surface area contributed by atoms with Gasteiger partial charge in [-0.2, -0.15) is 0 Å². The van der Waals surface area contributed by atoms with E-state index in [0.29, 0.717) is 19.1 Å². The van der Waals surface area contributed by atoms with E-state index >= 15 is 0 Å². The molecule has 1 aromatic heterocycles. The number of aromatic nitrogens is 1. The van der Waals surface area contributed by atoms with Gasteiger partial charge in [-0.25, -0.2) is 4.79 Å². The standard InChI is InChI=1S/C18H26N4O/c1-4-22(5-2)14(3)12-20-18(23)21-13-15-8-9-17-16(11-15)7-6-10-19-17/h6-11,14H,4-5,12-13H2,1-3H3,(H2,20,21,23)/t14-/m0/s1. The molecule has 0 radical (unpaired) electrons. The molecular weight excluding hydrogens is 288 g/mol. The highest BCUT2D eigenvalue weighted by Gasteiger charge is 2.11. The summed E-state index contributed by atoms with van der Waals surface area (Å²) in [6.07, 6.45) is 1.78. The molecule has 2 amide bonds. The van der Waals surface area contributed by atoms with Gasteiger partial charge in [-0.05, 0) is 43.8 Å². The van der Waals surface area contributed by atoms with Crippen LogP contribution in [0.1, 0.15) is 26.3 Å². The van der Waals surface area contributed by atoms with Crippen molar-refractivity contribution in [3.63, 3.8) is 0 Å². The Labute approximate surface area is 138 Å². The Morgan fingerprint density at radius 3 is 2.74 bits per heavy atom. The zero-order chi connectivity index (χ0) is 16.7. The summed E-state index contributed by atoms with van der Waals surface area (Å²) in [5.74, 6) is 0. The number of hydrogen-bond acceptors (Lipinski definition) is 3. The fraction of sp³-hybridized carbons (Fsp3) is 0.444. The Morgan fingerprint density at radius 1 is 1.22 bits per heavy atom. The highest BCUT2D eigenvalue weighted by atomic mass is 16.2. The first-order valence-corrected chi connectivity index (χ1v) is 8.23. The summed E-state index contributed by atoms with van der Waals surface area (Å²) in [4.78, 5) is 18.5. The SMILES string of the molecule is CCN(CC)[C@@H](C)CNC(=O)NCc1ccc2ncccc2c1. The molecule has 0 bridgehead atoms. The van der Waals surface area contributed by atoms with Gasteiger partial charge in [0.25, 0.3) is 0 Å². The Hall–Kier alpha value is -2.14. The van der Waals surface area contributed by atoms with Gasteiger partial charge in [-0.3, -0.25) is 9.88 Å². The lowest BCUT2D eigenvalue weighted by atomic mass is 10.1. The third-order valence-electron chi connectivity index (χ3n) is 4.11. The van der Waals surface area contributed by atoms with Crippen molar-refractivity contribution in [3.05, 3.63) is 42.1 Å². The lowest BCUT2D eigenvalue weighted by Crippen LogP contribution is -2.44. The van der Waals surface area contributed by atoms with Crippen LogP contribution in [0.5, 0.6) is 0 Å². The molecular formula is C18H26N4O. The number of hydrogen-bond donors (Lipinski definition) is 2. The van der Waals surface area contributed by atoms with Crippen molar-refractivity contribution in [1.29, 1.82) is 0 Å². The van der Waals surface area contributed by atoms with Gasteiger partial charge < -0.3 is 10.6 Å². The molecule has 2 rings (SSSR count). The van der Waals surface area contributed by atoms with Crippen molar-refractivity contribution in [2.75, 3.05) is 19.6 Å². The maximum absolute atomic E-state index is 11.9. The first-order chi connectivity index (χ1) is 11.1. The van der Waals surface area contributed by atoms with Crippen molar-refractivity contribution in [2.45, 2.75) is 33.4 Å². The quantitative estimate of drug-likeness (QED) is 0.826. The fourth-order valence-corrected chi connectivity index (χ4v) is 2.70. The van der Waals surface area contributed by atoms with E-state index in [4.69, 9.17) is 0 Å². The molecule has 23 heavy (non-hydrogen) atoms. The summed E-state index contributed by atoms with van der Waals surface area (Å²) in [6, 6.07) is 10.2. The van der Waals surface area contributed by atoms with Gasteiger partial charge in [-0.1, -0.05) is 26.0 Å². The number of urea groups is 1. The van der Waals surface area contributed by atoms with Crippen molar-refractivity contribution in [1.82, 2.24) is 20.5 Å². The van der Waals surface area contributed by atoms with Crippen LogP contribution in [0.25, 0.3) is 10.9 Å². The first-order valence-electron chi connectivity index (χ1n) is 8.23. The van der Waals surface area contributed by atoms with Gasteiger partial charge in [-0.15, -0.1) is 0 Å². The fourth-order valence-electron chi connectivity index (χ4n) is 2.70. The van der Waals surface area contributed by atoms with Gasteiger partial charge in [0, 0.05) is 30.7 Å². The molecule has 2 aromatic rings. The van der Waals surface area contributed by atoms with Gasteiger partial charge >= 0.3 is 6.03 Å². The maximum atomic E-state index is 11.9. The molecule has 1 aromatic carbocycles. The third-order valence-corrected chi connectivity index (χ3v) is 4.11. The molecule has 0 fully saturated rings. The predicted molar refractivity (Wildman–Crippen MR) is 94.4 cm³/mol. The smallest absolute Gasteiger partial charge is 0.315 e. The minimum Gasteiger partial charge on any atom is -0.337 e. The molecule has 0 unspecified atom stereocenters. The highest BCUT2D eigenvalue weighted by Crippen LogP contribution is 2.13. The lowest BCUT2D eigenvalue weighted by molar-refractivity contribution is 0.214. The summed E-state index contributed by atoms with van der Waals surface area (Å²) in [5, 5.41) is 6.93. The van der Waals surface area contributed by atoms with Crippen molar-refractivity contribution in [2.24, 2.45) is 0 Å². The summed E-state index contributed by atoms with van der Waals surface area (Å²) in [6.45, 7) is 9.54. The number of nitrogens with zero attached hydrogens (tertiary/aromatic N) is 2. The largest absolute Gasteiger partial charge is 0.337 e. The minimum atomic E-state index is -0.129. The molecule has 5 heteroatoms. The number of nitrogens with one attached hydrogen (secondary N) is 2. The summed E-state index contributed by atoms with van der Waals surface area (Å²) in [7, 11) is 0. The van der Waals surface area contributed by atoms with Crippen LogP contribution in [0.4, 0.5) is 4.79 Å². The van der Waals surface area contributed by atoms with Gasteiger partial charge in [0.15, 0.2) is 0 Å². The number of likely N-dealkylation sites (N-methyl/N-ethyl adjacent to an activating group) is 1. The summed E-state index contributed by atoms with van der Waals surface area (Å²) < 4.78 is 0. The second-order valence-corrected chi connectivity index (χ2v) is 5.66. The van der Waals surface area contributed by atoms with Gasteiger partial charge in [0.05, 0.1) is 5.52 Å². The van der Waals surface area contributed by atoms with Crippen LogP contribution in [-0.2, 0) is 6.54 Å². The maximum Gasteiger partial charge on any atom is 0.315 e. The average molecular weight is 314 g/mol. The van der Waals surface area contributed by atoms with Gasteiger partial charge in [0.1, 0.15) is 0 Å². The van der Waals surface area contributed by atoms with E-state index in [1.165, 1.54) is 0 Å². The molecule has 5 nitrogen and oxygen atoms in total. The summed E-state index contributed by atoms with van der Waals surface area (Å²) >= 11 is 0. The number of benzene rings is 1. The van der Waals surface area contributed by atoms with Crippen molar-refractivity contribution < 1.29 is 4.79 Å². The molecule has 1 atom stereocenters. The Morgan fingerprint density at radius 2 is 2.00 bits per heavy atom. The Balaban J connectivity index is 1.81. The number of pyridine rings is 1. The Kier molecular flexibility index (Phi) is 6.35. The van der Waals surface area contributed by atoms with Gasteiger partial charge in [0.2, 0.25) is 0 Å². The minimum absolute atomic E-state index is 0.129. The molecule has 0 saturated heterocycles. The molecule has 1 heterocycles. The topological polar surface area (TPSA) is 57.3 Å². The number of fused-ring (bicyclic) bond motifs is 1. The molecule has 0 aliphatic heterocycles. The molecule has 0 saturated carbocycles. The molecule has 2 N–H and O–H groups in total. The van der Waals surface area contributed by atoms with Crippen LogP contribution in [-0.4, -0.2) is 41.6 Å².